The summed E-state index contributed by atoms with van der Waals surface area (Å²) in [5.41, 5.74) is 2.93. The van der Waals surface area contributed by atoms with Crippen LogP contribution in [0.5, 0.6) is 0 Å². The van der Waals surface area contributed by atoms with E-state index in [9.17, 15) is 4.79 Å². The number of amides is 1. The van der Waals surface area contributed by atoms with Crippen molar-refractivity contribution >= 4 is 11.7 Å². The number of piperidine rings is 1. The molecule has 104 valence electrons. The minimum atomic E-state index is -0.122. The number of hydrogen-bond acceptors (Lipinski definition) is 5. The monoisotopic (exact) mass is 263 g/mol. The van der Waals surface area contributed by atoms with Crippen molar-refractivity contribution in [2.45, 2.75) is 31.8 Å². The standard InChI is InChI=1S/C13H21N5O/c1-9-8-10(5-7-18(9)2)16-13(19)11-4-3-6-15-12(11)17-14/h3-4,6,9-10H,5,7-8,14H2,1-2H3,(H,15,17)(H,16,19). The zero-order valence-corrected chi connectivity index (χ0v) is 11.4. The summed E-state index contributed by atoms with van der Waals surface area (Å²) in [7, 11) is 2.11. The van der Waals surface area contributed by atoms with Crippen molar-refractivity contribution in [2.24, 2.45) is 5.84 Å². The van der Waals surface area contributed by atoms with E-state index < -0.39 is 0 Å². The second-order valence-electron chi connectivity index (χ2n) is 5.07. The van der Waals surface area contributed by atoms with Gasteiger partial charge < -0.3 is 15.6 Å². The van der Waals surface area contributed by atoms with Crippen LogP contribution in [0.1, 0.15) is 30.1 Å². The van der Waals surface area contributed by atoms with Crippen LogP contribution >= 0.6 is 0 Å². The highest BCUT2D eigenvalue weighted by Crippen LogP contribution is 2.17. The molecule has 1 fully saturated rings. The first-order valence-corrected chi connectivity index (χ1v) is 6.54. The number of carbonyl (C=O) groups excluding carboxylic acids is 1. The minimum absolute atomic E-state index is 0.122. The van der Waals surface area contributed by atoms with Gasteiger partial charge in [0.1, 0.15) is 0 Å². The van der Waals surface area contributed by atoms with Crippen molar-refractivity contribution in [1.82, 2.24) is 15.2 Å². The highest BCUT2D eigenvalue weighted by molar-refractivity contribution is 5.98. The Morgan fingerprint density at radius 3 is 3.05 bits per heavy atom. The molecule has 2 heterocycles. The summed E-state index contributed by atoms with van der Waals surface area (Å²) in [6, 6.07) is 4.15. The van der Waals surface area contributed by atoms with Crippen LogP contribution in [0.15, 0.2) is 18.3 Å². The number of hydrazine groups is 1. The Bertz CT molecular complexity index is 450. The maximum absolute atomic E-state index is 12.2. The molecule has 1 aliphatic rings. The molecule has 4 N–H and O–H groups in total. The van der Waals surface area contributed by atoms with Gasteiger partial charge in [0.15, 0.2) is 5.82 Å². The maximum Gasteiger partial charge on any atom is 0.255 e. The second kappa shape index (κ2) is 5.99. The number of likely N-dealkylation sites (tertiary alicyclic amines) is 1. The molecule has 1 aromatic heterocycles. The molecular weight excluding hydrogens is 242 g/mol. The highest BCUT2D eigenvalue weighted by Gasteiger charge is 2.24. The fourth-order valence-electron chi connectivity index (χ4n) is 2.39. The molecule has 6 heteroatoms. The first-order valence-electron chi connectivity index (χ1n) is 6.54. The van der Waals surface area contributed by atoms with E-state index in [0.29, 0.717) is 17.4 Å². The summed E-state index contributed by atoms with van der Waals surface area (Å²) in [6.07, 6.45) is 3.54. The summed E-state index contributed by atoms with van der Waals surface area (Å²) in [4.78, 5) is 18.6. The average Bonchev–Trinajstić information content (AvgIpc) is 2.43. The number of carbonyl (C=O) groups is 1. The van der Waals surface area contributed by atoms with Crippen molar-refractivity contribution in [3.63, 3.8) is 0 Å². The molecule has 0 aromatic carbocycles. The first kappa shape index (κ1) is 13.8. The molecule has 0 radical (unpaired) electrons. The molecule has 19 heavy (non-hydrogen) atoms. The molecule has 1 amide bonds. The van der Waals surface area contributed by atoms with E-state index in [1.54, 1.807) is 18.3 Å². The molecule has 0 aliphatic carbocycles. The van der Waals surface area contributed by atoms with Crippen LogP contribution in [0.25, 0.3) is 0 Å². The molecule has 1 aromatic rings. The third-order valence-electron chi connectivity index (χ3n) is 3.73. The number of hydrogen-bond donors (Lipinski definition) is 3. The Hall–Kier alpha value is -1.66. The lowest BCUT2D eigenvalue weighted by Crippen LogP contribution is -2.47. The molecule has 0 bridgehead atoms. The smallest absolute Gasteiger partial charge is 0.255 e. The SMILES string of the molecule is CC1CC(NC(=O)c2cccnc2NN)CCN1C. The van der Waals surface area contributed by atoms with Gasteiger partial charge in [0, 0.05) is 24.8 Å². The van der Waals surface area contributed by atoms with Crippen molar-refractivity contribution < 1.29 is 4.79 Å². The number of rotatable bonds is 3. The van der Waals surface area contributed by atoms with E-state index in [0.717, 1.165) is 19.4 Å². The number of anilines is 1. The topological polar surface area (TPSA) is 83.3 Å². The van der Waals surface area contributed by atoms with Crippen LogP contribution in [0, 0.1) is 0 Å². The fourth-order valence-corrected chi connectivity index (χ4v) is 2.39. The Balaban J connectivity index is 2.01. The van der Waals surface area contributed by atoms with Crippen LogP contribution in [-0.2, 0) is 0 Å². The zero-order chi connectivity index (χ0) is 13.8. The molecule has 1 aliphatic heterocycles. The van der Waals surface area contributed by atoms with Gasteiger partial charge in [-0.2, -0.15) is 0 Å². The van der Waals surface area contributed by atoms with Crippen LogP contribution in [-0.4, -0.2) is 41.5 Å². The number of pyridine rings is 1. The van der Waals surface area contributed by atoms with E-state index in [1.165, 1.54) is 0 Å². The van der Waals surface area contributed by atoms with Gasteiger partial charge in [0.2, 0.25) is 0 Å². The molecule has 0 saturated carbocycles. The lowest BCUT2D eigenvalue weighted by molar-refractivity contribution is 0.0897. The highest BCUT2D eigenvalue weighted by atomic mass is 16.1. The third-order valence-corrected chi connectivity index (χ3v) is 3.73. The Kier molecular flexibility index (Phi) is 4.34. The van der Waals surface area contributed by atoms with Gasteiger partial charge in [-0.15, -0.1) is 0 Å². The predicted octanol–water partition coefficient (Wildman–Crippen LogP) is 0.580. The quantitative estimate of drug-likeness (QED) is 0.549. The van der Waals surface area contributed by atoms with Crippen LogP contribution in [0.4, 0.5) is 5.82 Å². The normalized spacial score (nSPS) is 23.9. The van der Waals surface area contributed by atoms with Crippen molar-refractivity contribution in [1.29, 1.82) is 0 Å². The molecule has 2 unspecified atom stereocenters. The van der Waals surface area contributed by atoms with Crippen LogP contribution in [0.2, 0.25) is 0 Å². The lowest BCUT2D eigenvalue weighted by Gasteiger charge is -2.35. The maximum atomic E-state index is 12.2. The number of nitrogens with two attached hydrogens (primary N) is 1. The third kappa shape index (κ3) is 3.21. The average molecular weight is 263 g/mol. The molecular formula is C13H21N5O. The fraction of sp³-hybridized carbons (Fsp3) is 0.538. The summed E-state index contributed by atoms with van der Waals surface area (Å²) in [6.45, 7) is 3.18. The second-order valence-corrected chi connectivity index (χ2v) is 5.07. The predicted molar refractivity (Wildman–Crippen MR) is 74.6 cm³/mol. The van der Waals surface area contributed by atoms with Gasteiger partial charge in [-0.3, -0.25) is 4.79 Å². The molecule has 6 nitrogen and oxygen atoms in total. The Morgan fingerprint density at radius 1 is 1.58 bits per heavy atom. The number of nitrogens with one attached hydrogen (secondary N) is 2. The summed E-state index contributed by atoms with van der Waals surface area (Å²) >= 11 is 0. The number of nitrogen functional groups attached to an aromatic ring is 1. The Morgan fingerprint density at radius 2 is 2.37 bits per heavy atom. The van der Waals surface area contributed by atoms with Gasteiger partial charge in [-0.05, 0) is 38.9 Å². The van der Waals surface area contributed by atoms with Gasteiger partial charge in [-0.1, -0.05) is 0 Å². The van der Waals surface area contributed by atoms with Gasteiger partial charge in [0.05, 0.1) is 5.56 Å². The van der Waals surface area contributed by atoms with Crippen molar-refractivity contribution in [3.8, 4) is 0 Å². The molecule has 1 saturated heterocycles. The first-order chi connectivity index (χ1) is 9.11. The summed E-state index contributed by atoms with van der Waals surface area (Å²) in [5, 5.41) is 3.06. The van der Waals surface area contributed by atoms with Crippen molar-refractivity contribution in [3.05, 3.63) is 23.9 Å². The van der Waals surface area contributed by atoms with Gasteiger partial charge in [-0.25, -0.2) is 10.8 Å². The van der Waals surface area contributed by atoms with Crippen LogP contribution < -0.4 is 16.6 Å². The zero-order valence-electron chi connectivity index (χ0n) is 11.4. The van der Waals surface area contributed by atoms with E-state index in [2.05, 4.69) is 34.6 Å². The molecule has 2 rings (SSSR count). The van der Waals surface area contributed by atoms with E-state index in [-0.39, 0.29) is 11.9 Å². The minimum Gasteiger partial charge on any atom is -0.349 e. The molecule has 2 atom stereocenters. The largest absolute Gasteiger partial charge is 0.349 e. The van der Waals surface area contributed by atoms with Crippen LogP contribution in [0.3, 0.4) is 0 Å². The summed E-state index contributed by atoms with van der Waals surface area (Å²) in [5.74, 6) is 5.64. The van der Waals surface area contributed by atoms with Crippen molar-refractivity contribution in [2.75, 3.05) is 19.0 Å². The van der Waals surface area contributed by atoms with E-state index in [1.807, 2.05) is 0 Å². The van der Waals surface area contributed by atoms with Gasteiger partial charge >= 0.3 is 0 Å². The molecule has 0 spiro atoms. The Labute approximate surface area is 113 Å². The van der Waals surface area contributed by atoms with E-state index in [4.69, 9.17) is 5.84 Å². The van der Waals surface area contributed by atoms with Gasteiger partial charge in [0.25, 0.3) is 5.91 Å². The summed E-state index contributed by atoms with van der Waals surface area (Å²) < 4.78 is 0. The number of nitrogens with zero attached hydrogens (tertiary/aromatic N) is 2. The number of aromatic nitrogens is 1. The van der Waals surface area contributed by atoms with E-state index >= 15 is 0 Å². The lowest BCUT2D eigenvalue weighted by atomic mass is 9.98.